The standard InChI is InChI=1S/C16H15N7O/c1-9-12(15(17)24)14(23-16(21-9)18-8-20-23)11-7-19-22-13(11)10-5-3-2-4-6-10/h2-8,14H,1H3,(H2,17,24)(H,19,22)(H,18,20,21)/t14-/m1/s1. The summed E-state index contributed by atoms with van der Waals surface area (Å²) in [6.45, 7) is 1.80. The van der Waals surface area contributed by atoms with Crippen LogP contribution in [0.15, 0.2) is 54.1 Å². The van der Waals surface area contributed by atoms with Crippen LogP contribution in [0.2, 0.25) is 0 Å². The van der Waals surface area contributed by atoms with Gasteiger partial charge in [-0.15, -0.1) is 0 Å². The Morgan fingerprint density at radius 3 is 2.83 bits per heavy atom. The smallest absolute Gasteiger partial charge is 0.248 e. The molecule has 120 valence electrons. The highest BCUT2D eigenvalue weighted by atomic mass is 16.1. The number of nitrogens with two attached hydrogens (primary N) is 1. The Kier molecular flexibility index (Phi) is 3.16. The second-order valence-corrected chi connectivity index (χ2v) is 5.53. The molecule has 8 nitrogen and oxygen atoms in total. The fraction of sp³-hybridized carbons (Fsp3) is 0.125. The number of nitrogens with one attached hydrogen (secondary N) is 2. The van der Waals surface area contributed by atoms with Crippen LogP contribution in [0, 0.1) is 0 Å². The third-order valence-corrected chi connectivity index (χ3v) is 4.09. The SMILES string of the molecule is CC1=C(C(N)=O)[C@@H](c2cn[nH]c2-c2ccccc2)n2ncnc2N1. The van der Waals surface area contributed by atoms with Gasteiger partial charge in [-0.05, 0) is 12.5 Å². The van der Waals surface area contributed by atoms with Gasteiger partial charge in [0.25, 0.3) is 0 Å². The molecule has 1 amide bonds. The van der Waals surface area contributed by atoms with E-state index in [-0.39, 0.29) is 0 Å². The van der Waals surface area contributed by atoms with Crippen LogP contribution in [0.4, 0.5) is 5.95 Å². The third kappa shape index (κ3) is 2.08. The lowest BCUT2D eigenvalue weighted by Crippen LogP contribution is -2.31. The van der Waals surface area contributed by atoms with Gasteiger partial charge in [-0.1, -0.05) is 30.3 Å². The summed E-state index contributed by atoms with van der Waals surface area (Å²) in [5.74, 6) is 0.0501. The van der Waals surface area contributed by atoms with Gasteiger partial charge in [0, 0.05) is 11.3 Å². The van der Waals surface area contributed by atoms with Crippen molar-refractivity contribution in [2.24, 2.45) is 5.73 Å². The zero-order chi connectivity index (χ0) is 16.7. The van der Waals surface area contributed by atoms with Crippen molar-refractivity contribution in [2.45, 2.75) is 13.0 Å². The molecule has 24 heavy (non-hydrogen) atoms. The highest BCUT2D eigenvalue weighted by Gasteiger charge is 2.34. The number of carbonyl (C=O) groups excluding carboxylic acids is 1. The summed E-state index contributed by atoms with van der Waals surface area (Å²) in [5.41, 5.74) is 9.32. The summed E-state index contributed by atoms with van der Waals surface area (Å²) in [7, 11) is 0. The van der Waals surface area contributed by atoms with Gasteiger partial charge in [0.05, 0.1) is 17.5 Å². The topological polar surface area (TPSA) is 115 Å². The van der Waals surface area contributed by atoms with E-state index in [0.29, 0.717) is 17.2 Å². The Labute approximate surface area is 137 Å². The van der Waals surface area contributed by atoms with Crippen molar-refractivity contribution in [3.8, 4) is 11.3 Å². The van der Waals surface area contributed by atoms with Gasteiger partial charge < -0.3 is 11.1 Å². The maximum absolute atomic E-state index is 12.1. The van der Waals surface area contributed by atoms with Gasteiger partial charge in [-0.3, -0.25) is 9.89 Å². The molecule has 8 heteroatoms. The molecule has 3 aromatic rings. The average molecular weight is 321 g/mol. The fourth-order valence-corrected chi connectivity index (χ4v) is 3.04. The summed E-state index contributed by atoms with van der Waals surface area (Å²) < 4.78 is 1.64. The highest BCUT2D eigenvalue weighted by molar-refractivity contribution is 5.95. The Morgan fingerprint density at radius 1 is 1.29 bits per heavy atom. The number of allylic oxidation sites excluding steroid dienone is 1. The molecule has 0 spiro atoms. The number of rotatable bonds is 3. The molecule has 4 N–H and O–H groups in total. The molecule has 1 aromatic carbocycles. The molecule has 0 saturated heterocycles. The van der Waals surface area contributed by atoms with Crippen LogP contribution in [0.5, 0.6) is 0 Å². The summed E-state index contributed by atoms with van der Waals surface area (Å²) >= 11 is 0. The third-order valence-electron chi connectivity index (χ3n) is 4.09. The number of anilines is 1. The lowest BCUT2D eigenvalue weighted by Gasteiger charge is -2.27. The molecule has 1 atom stereocenters. The number of amides is 1. The van der Waals surface area contributed by atoms with Crippen molar-refractivity contribution >= 4 is 11.9 Å². The van der Waals surface area contributed by atoms with Crippen molar-refractivity contribution in [1.82, 2.24) is 25.0 Å². The largest absolute Gasteiger partial charge is 0.366 e. The molecule has 1 aliphatic rings. The molecule has 3 heterocycles. The number of hydrogen-bond donors (Lipinski definition) is 3. The Bertz CT molecular complexity index is 938. The number of carbonyl (C=O) groups is 1. The minimum absolute atomic E-state index is 0.437. The minimum atomic E-state index is -0.508. The zero-order valence-electron chi connectivity index (χ0n) is 12.9. The van der Waals surface area contributed by atoms with E-state index in [1.54, 1.807) is 17.8 Å². The van der Waals surface area contributed by atoms with E-state index in [0.717, 1.165) is 16.8 Å². The minimum Gasteiger partial charge on any atom is -0.366 e. The lowest BCUT2D eigenvalue weighted by molar-refractivity contribution is -0.115. The number of aromatic nitrogens is 5. The lowest BCUT2D eigenvalue weighted by atomic mass is 9.93. The molecule has 0 fully saturated rings. The van der Waals surface area contributed by atoms with E-state index >= 15 is 0 Å². The highest BCUT2D eigenvalue weighted by Crippen LogP contribution is 2.37. The Morgan fingerprint density at radius 2 is 2.08 bits per heavy atom. The van der Waals surface area contributed by atoms with Crippen LogP contribution in [0.1, 0.15) is 18.5 Å². The van der Waals surface area contributed by atoms with Crippen LogP contribution < -0.4 is 11.1 Å². The number of fused-ring (bicyclic) bond motifs is 1. The van der Waals surface area contributed by atoms with Gasteiger partial charge in [0.15, 0.2) is 0 Å². The van der Waals surface area contributed by atoms with Gasteiger partial charge in [0.2, 0.25) is 11.9 Å². The van der Waals surface area contributed by atoms with Gasteiger partial charge in [-0.2, -0.15) is 15.2 Å². The fourth-order valence-electron chi connectivity index (χ4n) is 3.04. The van der Waals surface area contributed by atoms with Crippen molar-refractivity contribution in [1.29, 1.82) is 0 Å². The quantitative estimate of drug-likeness (QED) is 0.675. The Balaban J connectivity index is 1.93. The second-order valence-electron chi connectivity index (χ2n) is 5.53. The first-order valence-corrected chi connectivity index (χ1v) is 7.42. The monoisotopic (exact) mass is 321 g/mol. The van der Waals surface area contributed by atoms with Gasteiger partial charge >= 0.3 is 0 Å². The maximum atomic E-state index is 12.1. The van der Waals surface area contributed by atoms with E-state index in [1.165, 1.54) is 6.33 Å². The zero-order valence-corrected chi connectivity index (χ0v) is 12.9. The molecule has 2 aromatic heterocycles. The van der Waals surface area contributed by atoms with Crippen molar-refractivity contribution in [2.75, 3.05) is 5.32 Å². The van der Waals surface area contributed by atoms with Crippen LogP contribution in [-0.4, -0.2) is 30.9 Å². The summed E-state index contributed by atoms with van der Waals surface area (Å²) in [6, 6.07) is 9.29. The van der Waals surface area contributed by atoms with Crippen molar-refractivity contribution < 1.29 is 4.79 Å². The van der Waals surface area contributed by atoms with E-state index in [2.05, 4.69) is 25.6 Å². The molecular formula is C16H15N7O. The first-order valence-electron chi connectivity index (χ1n) is 7.42. The van der Waals surface area contributed by atoms with E-state index in [1.807, 2.05) is 30.3 Å². The number of aromatic amines is 1. The summed E-state index contributed by atoms with van der Waals surface area (Å²) in [6.07, 6.45) is 3.13. The first kappa shape index (κ1) is 14.2. The molecule has 1 aliphatic heterocycles. The second kappa shape index (κ2) is 5.34. The van der Waals surface area contributed by atoms with E-state index in [9.17, 15) is 4.79 Å². The van der Waals surface area contributed by atoms with E-state index < -0.39 is 11.9 Å². The van der Waals surface area contributed by atoms with Crippen molar-refractivity contribution in [3.63, 3.8) is 0 Å². The van der Waals surface area contributed by atoms with Gasteiger partial charge in [0.1, 0.15) is 12.4 Å². The number of primary amides is 1. The number of benzene rings is 1. The van der Waals surface area contributed by atoms with E-state index in [4.69, 9.17) is 5.73 Å². The molecule has 0 bridgehead atoms. The normalized spacial score (nSPS) is 16.6. The molecular weight excluding hydrogens is 306 g/mol. The molecule has 0 unspecified atom stereocenters. The van der Waals surface area contributed by atoms with Crippen LogP contribution in [0.3, 0.4) is 0 Å². The number of H-pyrrole nitrogens is 1. The molecule has 0 radical (unpaired) electrons. The maximum Gasteiger partial charge on any atom is 0.248 e. The van der Waals surface area contributed by atoms with Crippen LogP contribution in [-0.2, 0) is 4.79 Å². The number of nitrogens with zero attached hydrogens (tertiary/aromatic N) is 4. The van der Waals surface area contributed by atoms with Crippen molar-refractivity contribution in [3.05, 3.63) is 59.7 Å². The summed E-state index contributed by atoms with van der Waals surface area (Å²) in [5, 5.41) is 14.5. The number of hydrogen-bond acceptors (Lipinski definition) is 5. The molecule has 0 saturated carbocycles. The van der Waals surface area contributed by atoms with Gasteiger partial charge in [-0.25, -0.2) is 4.68 Å². The Hall–Kier alpha value is -3.42. The predicted molar refractivity (Wildman–Crippen MR) is 87.7 cm³/mol. The van der Waals surface area contributed by atoms with Crippen LogP contribution >= 0.6 is 0 Å². The molecule has 4 rings (SSSR count). The predicted octanol–water partition coefficient (Wildman–Crippen LogP) is 1.44. The molecule has 0 aliphatic carbocycles. The van der Waals surface area contributed by atoms with Crippen LogP contribution in [0.25, 0.3) is 11.3 Å². The summed E-state index contributed by atoms with van der Waals surface area (Å²) in [4.78, 5) is 16.3. The average Bonchev–Trinajstić information content (AvgIpc) is 3.23. The first-order chi connectivity index (χ1) is 11.7.